The van der Waals surface area contributed by atoms with Crippen LogP contribution in [-0.2, 0) is 10.2 Å². The predicted octanol–water partition coefficient (Wildman–Crippen LogP) is 2.57. The zero-order chi connectivity index (χ0) is 16.2. The van der Waals surface area contributed by atoms with E-state index in [9.17, 15) is 4.79 Å². The first kappa shape index (κ1) is 16.7. The summed E-state index contributed by atoms with van der Waals surface area (Å²) in [6.07, 6.45) is 4.47. The van der Waals surface area contributed by atoms with Crippen molar-refractivity contribution in [2.24, 2.45) is 0 Å². The molecule has 0 aliphatic carbocycles. The summed E-state index contributed by atoms with van der Waals surface area (Å²) >= 11 is 0. The molecule has 5 heteroatoms. The van der Waals surface area contributed by atoms with Gasteiger partial charge in [0, 0.05) is 30.9 Å². The van der Waals surface area contributed by atoms with Gasteiger partial charge in [0.2, 0.25) is 0 Å². The van der Waals surface area contributed by atoms with E-state index in [4.69, 9.17) is 4.74 Å². The van der Waals surface area contributed by atoms with Crippen molar-refractivity contribution in [2.45, 2.75) is 45.1 Å². The largest absolute Gasteiger partial charge is 0.372 e. The number of hydrogen-bond donors (Lipinski definition) is 1. The summed E-state index contributed by atoms with van der Waals surface area (Å²) in [6, 6.07) is 3.98. The summed E-state index contributed by atoms with van der Waals surface area (Å²) in [5.74, 6) is 0. The van der Waals surface area contributed by atoms with Gasteiger partial charge < -0.3 is 15.0 Å². The van der Waals surface area contributed by atoms with Crippen molar-refractivity contribution in [1.82, 2.24) is 15.2 Å². The molecule has 2 rings (SSSR count). The van der Waals surface area contributed by atoms with Gasteiger partial charge in [-0.3, -0.25) is 4.98 Å². The first-order valence-electron chi connectivity index (χ1n) is 7.93. The highest BCUT2D eigenvalue weighted by Gasteiger charge is 2.33. The molecule has 1 N–H and O–H groups in total. The molecule has 22 heavy (non-hydrogen) atoms. The van der Waals surface area contributed by atoms with Gasteiger partial charge in [-0.25, -0.2) is 4.79 Å². The van der Waals surface area contributed by atoms with Crippen molar-refractivity contribution in [1.29, 1.82) is 0 Å². The molecule has 2 heterocycles. The van der Waals surface area contributed by atoms with Crippen LogP contribution in [0.3, 0.4) is 0 Å². The van der Waals surface area contributed by atoms with E-state index in [2.05, 4.69) is 38.0 Å². The van der Waals surface area contributed by atoms with Crippen LogP contribution in [0.5, 0.6) is 0 Å². The van der Waals surface area contributed by atoms with E-state index in [1.54, 1.807) is 12.4 Å². The molecule has 5 nitrogen and oxygen atoms in total. The number of ether oxygens (including phenoxy) is 1. The van der Waals surface area contributed by atoms with Crippen LogP contribution < -0.4 is 5.32 Å². The number of urea groups is 1. The number of aromatic nitrogens is 1. The predicted molar refractivity (Wildman–Crippen MR) is 86.9 cm³/mol. The van der Waals surface area contributed by atoms with E-state index in [1.165, 1.54) is 5.56 Å². The fourth-order valence-corrected chi connectivity index (χ4v) is 2.63. The van der Waals surface area contributed by atoms with E-state index in [0.717, 1.165) is 6.42 Å². The van der Waals surface area contributed by atoms with Crippen molar-refractivity contribution < 1.29 is 9.53 Å². The van der Waals surface area contributed by atoms with Crippen molar-refractivity contribution in [3.05, 3.63) is 30.1 Å². The minimum absolute atomic E-state index is 0.00916. The highest BCUT2D eigenvalue weighted by molar-refractivity contribution is 5.74. The molecule has 0 radical (unpaired) electrons. The van der Waals surface area contributed by atoms with Crippen molar-refractivity contribution in [3.63, 3.8) is 0 Å². The van der Waals surface area contributed by atoms with Crippen molar-refractivity contribution in [2.75, 3.05) is 26.2 Å². The maximum atomic E-state index is 12.4. The molecule has 1 fully saturated rings. The molecule has 0 bridgehead atoms. The Morgan fingerprint density at radius 1 is 1.45 bits per heavy atom. The second-order valence-corrected chi connectivity index (χ2v) is 6.85. The Hall–Kier alpha value is -1.62. The van der Waals surface area contributed by atoms with E-state index in [-0.39, 0.29) is 17.0 Å². The van der Waals surface area contributed by atoms with Gasteiger partial charge in [-0.05, 0) is 31.0 Å². The number of carbonyl (C=O) groups excluding carboxylic acids is 1. The Morgan fingerprint density at radius 2 is 2.14 bits per heavy atom. The number of morpholine rings is 1. The summed E-state index contributed by atoms with van der Waals surface area (Å²) in [5.41, 5.74) is 0.818. The van der Waals surface area contributed by atoms with Crippen molar-refractivity contribution >= 4 is 6.03 Å². The lowest BCUT2D eigenvalue weighted by Gasteiger charge is -2.40. The van der Waals surface area contributed by atoms with Gasteiger partial charge in [0.1, 0.15) is 0 Å². The standard InChI is InChI=1S/C17H27N3O2/c1-5-17(4)13-20(10-11-22-17)15(21)19-12-16(2,3)14-6-8-18-9-7-14/h6-9H,5,10-13H2,1-4H3,(H,19,21)/t17-/m1/s1. The average molecular weight is 305 g/mol. The first-order valence-corrected chi connectivity index (χ1v) is 7.93. The molecule has 122 valence electrons. The third-order valence-corrected chi connectivity index (χ3v) is 4.52. The normalized spacial score (nSPS) is 22.5. The Morgan fingerprint density at radius 3 is 2.77 bits per heavy atom. The Kier molecular flexibility index (Phi) is 5.06. The molecular weight excluding hydrogens is 278 g/mol. The van der Waals surface area contributed by atoms with Crippen LogP contribution in [0.4, 0.5) is 4.79 Å². The summed E-state index contributed by atoms with van der Waals surface area (Å²) in [5, 5.41) is 3.06. The fourth-order valence-electron chi connectivity index (χ4n) is 2.63. The average Bonchev–Trinajstić information content (AvgIpc) is 2.53. The van der Waals surface area contributed by atoms with Crippen LogP contribution >= 0.6 is 0 Å². The number of hydrogen-bond acceptors (Lipinski definition) is 3. The topological polar surface area (TPSA) is 54.5 Å². The summed E-state index contributed by atoms with van der Waals surface area (Å²) in [4.78, 5) is 18.3. The molecule has 1 aromatic rings. The van der Waals surface area contributed by atoms with Gasteiger partial charge in [0.25, 0.3) is 0 Å². The second kappa shape index (κ2) is 6.65. The quantitative estimate of drug-likeness (QED) is 0.930. The highest BCUT2D eigenvalue weighted by atomic mass is 16.5. The summed E-state index contributed by atoms with van der Waals surface area (Å²) < 4.78 is 5.78. The molecule has 1 aliphatic rings. The first-order chi connectivity index (χ1) is 10.4. The molecule has 0 aromatic carbocycles. The third-order valence-electron chi connectivity index (χ3n) is 4.52. The molecule has 1 aromatic heterocycles. The van der Waals surface area contributed by atoms with Crippen LogP contribution in [0.2, 0.25) is 0 Å². The lowest BCUT2D eigenvalue weighted by Crippen LogP contribution is -2.55. The van der Waals surface area contributed by atoms with Gasteiger partial charge in [0.15, 0.2) is 0 Å². The van der Waals surface area contributed by atoms with E-state index >= 15 is 0 Å². The number of amides is 2. The maximum absolute atomic E-state index is 12.4. The van der Waals surface area contributed by atoms with Crippen LogP contribution in [0.25, 0.3) is 0 Å². The summed E-state index contributed by atoms with van der Waals surface area (Å²) in [6.45, 7) is 10.9. The maximum Gasteiger partial charge on any atom is 0.317 e. The molecule has 0 spiro atoms. The number of carbonyl (C=O) groups is 1. The van der Waals surface area contributed by atoms with Gasteiger partial charge in [0.05, 0.1) is 18.8 Å². The van der Waals surface area contributed by atoms with Crippen LogP contribution in [0.1, 0.15) is 39.7 Å². The zero-order valence-electron chi connectivity index (χ0n) is 14.1. The number of nitrogens with zero attached hydrogens (tertiary/aromatic N) is 2. The van der Waals surface area contributed by atoms with Crippen LogP contribution in [0, 0.1) is 0 Å². The van der Waals surface area contributed by atoms with E-state index < -0.39 is 0 Å². The zero-order valence-corrected chi connectivity index (χ0v) is 14.1. The minimum atomic E-state index is -0.226. The molecule has 0 saturated carbocycles. The molecule has 1 aliphatic heterocycles. The van der Waals surface area contributed by atoms with E-state index in [1.807, 2.05) is 17.0 Å². The van der Waals surface area contributed by atoms with Crippen LogP contribution in [-0.4, -0.2) is 47.8 Å². The lowest BCUT2D eigenvalue weighted by molar-refractivity contribution is -0.0873. The van der Waals surface area contributed by atoms with Crippen LogP contribution in [0.15, 0.2) is 24.5 Å². The molecule has 2 amide bonds. The van der Waals surface area contributed by atoms with E-state index in [0.29, 0.717) is 26.2 Å². The number of pyridine rings is 1. The third kappa shape index (κ3) is 3.97. The Labute approximate surface area is 133 Å². The molecule has 0 unspecified atom stereocenters. The highest BCUT2D eigenvalue weighted by Crippen LogP contribution is 2.23. The molecule has 1 saturated heterocycles. The molecular formula is C17H27N3O2. The van der Waals surface area contributed by atoms with Gasteiger partial charge in [-0.15, -0.1) is 0 Å². The van der Waals surface area contributed by atoms with Gasteiger partial charge in [-0.1, -0.05) is 20.8 Å². The Balaban J connectivity index is 1.92. The second-order valence-electron chi connectivity index (χ2n) is 6.85. The molecule has 1 atom stereocenters. The van der Waals surface area contributed by atoms with Crippen molar-refractivity contribution in [3.8, 4) is 0 Å². The smallest absolute Gasteiger partial charge is 0.317 e. The fraction of sp³-hybridized carbons (Fsp3) is 0.647. The van der Waals surface area contributed by atoms with Gasteiger partial charge >= 0.3 is 6.03 Å². The van der Waals surface area contributed by atoms with Gasteiger partial charge in [-0.2, -0.15) is 0 Å². The SMILES string of the molecule is CC[C@]1(C)CN(C(=O)NCC(C)(C)c2ccncc2)CCO1. The Bertz CT molecular complexity index is 504. The number of nitrogens with one attached hydrogen (secondary N) is 1. The monoisotopic (exact) mass is 305 g/mol. The minimum Gasteiger partial charge on any atom is -0.372 e. The lowest BCUT2D eigenvalue weighted by atomic mass is 9.85. The number of rotatable bonds is 4. The summed E-state index contributed by atoms with van der Waals surface area (Å²) in [7, 11) is 0.